The van der Waals surface area contributed by atoms with Crippen molar-refractivity contribution >= 4 is 0 Å². The average molecular weight is 202 g/mol. The van der Waals surface area contributed by atoms with E-state index in [4.69, 9.17) is 5.73 Å². The monoisotopic (exact) mass is 202 g/mol. The zero-order valence-electron chi connectivity index (χ0n) is 9.59. The molecule has 0 spiro atoms. The smallest absolute Gasteiger partial charge is 0.115 e. The van der Waals surface area contributed by atoms with E-state index < -0.39 is 6.17 Å². The molecule has 2 N–H and O–H groups in total. The number of halogens is 1. The van der Waals surface area contributed by atoms with Gasteiger partial charge in [-0.3, -0.25) is 4.90 Å². The minimum atomic E-state index is -0.794. The van der Waals surface area contributed by atoms with Gasteiger partial charge in [-0.15, -0.1) is 0 Å². The van der Waals surface area contributed by atoms with Crippen molar-refractivity contribution in [2.45, 2.75) is 45.3 Å². The van der Waals surface area contributed by atoms with Gasteiger partial charge in [-0.05, 0) is 52.6 Å². The Morgan fingerprint density at radius 2 is 1.86 bits per heavy atom. The van der Waals surface area contributed by atoms with Crippen LogP contribution in [0, 0.1) is 5.92 Å². The summed E-state index contributed by atoms with van der Waals surface area (Å²) in [6.45, 7) is 8.83. The maximum Gasteiger partial charge on any atom is 0.115 e. The fraction of sp³-hybridized carbons (Fsp3) is 1.00. The van der Waals surface area contributed by atoms with Crippen LogP contribution < -0.4 is 5.73 Å². The third-order valence-corrected chi connectivity index (χ3v) is 3.22. The van der Waals surface area contributed by atoms with Crippen molar-refractivity contribution in [2.24, 2.45) is 11.7 Å². The second-order valence-electron chi connectivity index (χ2n) is 5.25. The lowest BCUT2D eigenvalue weighted by molar-refractivity contribution is 0.0622. The van der Waals surface area contributed by atoms with Gasteiger partial charge in [0.2, 0.25) is 0 Å². The molecule has 0 saturated carbocycles. The Kier molecular flexibility index (Phi) is 3.90. The van der Waals surface area contributed by atoms with Gasteiger partial charge >= 0.3 is 0 Å². The number of likely N-dealkylation sites (tertiary alicyclic amines) is 1. The molecule has 3 heteroatoms. The quantitative estimate of drug-likeness (QED) is 0.739. The minimum Gasteiger partial charge on any atom is -0.328 e. The van der Waals surface area contributed by atoms with Gasteiger partial charge in [-0.25, -0.2) is 4.39 Å². The number of rotatable bonds is 2. The van der Waals surface area contributed by atoms with Crippen LogP contribution in [0.4, 0.5) is 4.39 Å². The van der Waals surface area contributed by atoms with E-state index in [0.29, 0.717) is 0 Å². The molecular weight excluding hydrogens is 179 g/mol. The van der Waals surface area contributed by atoms with Crippen LogP contribution in [0.1, 0.15) is 33.6 Å². The Bertz CT molecular complexity index is 169. The summed E-state index contributed by atoms with van der Waals surface area (Å²) in [5, 5.41) is 0. The van der Waals surface area contributed by atoms with E-state index >= 15 is 0 Å². The molecule has 1 aliphatic rings. The number of piperidine rings is 1. The van der Waals surface area contributed by atoms with Crippen molar-refractivity contribution < 1.29 is 4.39 Å². The van der Waals surface area contributed by atoms with Crippen molar-refractivity contribution in [1.29, 1.82) is 0 Å². The number of alkyl halides is 1. The summed E-state index contributed by atoms with van der Waals surface area (Å²) in [6, 6.07) is 0. The van der Waals surface area contributed by atoms with E-state index in [2.05, 4.69) is 25.7 Å². The Hall–Kier alpha value is -0.150. The van der Waals surface area contributed by atoms with Gasteiger partial charge in [0.25, 0.3) is 0 Å². The highest BCUT2D eigenvalue weighted by atomic mass is 19.1. The molecular formula is C11H23FN2. The number of hydrogen-bond donors (Lipinski definition) is 1. The van der Waals surface area contributed by atoms with Crippen molar-refractivity contribution in [3.05, 3.63) is 0 Å². The second-order valence-corrected chi connectivity index (χ2v) is 5.25. The Morgan fingerprint density at radius 3 is 2.21 bits per heavy atom. The van der Waals surface area contributed by atoms with Crippen molar-refractivity contribution in [1.82, 2.24) is 4.90 Å². The minimum absolute atomic E-state index is 0.181. The molecule has 84 valence electrons. The fourth-order valence-corrected chi connectivity index (χ4v) is 2.12. The molecule has 0 bridgehead atoms. The highest BCUT2D eigenvalue weighted by Crippen LogP contribution is 2.26. The third kappa shape index (κ3) is 2.92. The van der Waals surface area contributed by atoms with Gasteiger partial charge in [0.05, 0.1) is 0 Å². The molecule has 1 rings (SSSR count). The molecule has 1 heterocycles. The summed E-state index contributed by atoms with van der Waals surface area (Å²) < 4.78 is 13.3. The first kappa shape index (κ1) is 11.9. The molecule has 0 aromatic heterocycles. The first-order valence-corrected chi connectivity index (χ1v) is 5.54. The molecule has 0 aromatic carbocycles. The lowest BCUT2D eigenvalue weighted by Gasteiger charge is -2.41. The summed E-state index contributed by atoms with van der Waals surface area (Å²) in [5.74, 6) is 0.193. The summed E-state index contributed by atoms with van der Waals surface area (Å²) in [4.78, 5) is 2.42. The number of hydrogen-bond acceptors (Lipinski definition) is 2. The molecule has 1 atom stereocenters. The first-order chi connectivity index (χ1) is 6.45. The largest absolute Gasteiger partial charge is 0.328 e. The predicted octanol–water partition coefficient (Wildman–Crippen LogP) is 1.79. The molecule has 0 amide bonds. The molecule has 1 fully saturated rings. The lowest BCUT2D eigenvalue weighted by atomic mass is 9.89. The van der Waals surface area contributed by atoms with E-state index in [-0.39, 0.29) is 18.0 Å². The average Bonchev–Trinajstić information content (AvgIpc) is 2.15. The predicted molar refractivity (Wildman–Crippen MR) is 58.0 cm³/mol. The van der Waals surface area contributed by atoms with Crippen LogP contribution in [0.3, 0.4) is 0 Å². The standard InChI is InChI=1S/C11H23FN2/c1-11(2,3)14-6-4-9(5-7-14)10(12)8-13/h9-10H,4-8,13H2,1-3H3. The molecule has 2 nitrogen and oxygen atoms in total. The van der Waals surface area contributed by atoms with Gasteiger partial charge in [-0.1, -0.05) is 0 Å². The van der Waals surface area contributed by atoms with Crippen LogP contribution in [0.15, 0.2) is 0 Å². The fourth-order valence-electron chi connectivity index (χ4n) is 2.12. The molecule has 1 unspecified atom stereocenters. The Balaban J connectivity index is 2.39. The summed E-state index contributed by atoms with van der Waals surface area (Å²) in [5.41, 5.74) is 5.56. The van der Waals surface area contributed by atoms with Crippen molar-refractivity contribution in [2.75, 3.05) is 19.6 Å². The van der Waals surface area contributed by atoms with Crippen LogP contribution in [-0.4, -0.2) is 36.2 Å². The number of nitrogens with zero attached hydrogens (tertiary/aromatic N) is 1. The van der Waals surface area contributed by atoms with E-state index in [1.54, 1.807) is 0 Å². The lowest BCUT2D eigenvalue weighted by Crippen LogP contribution is -2.47. The van der Waals surface area contributed by atoms with Gasteiger partial charge in [0.15, 0.2) is 0 Å². The Morgan fingerprint density at radius 1 is 1.36 bits per heavy atom. The number of nitrogens with two attached hydrogens (primary N) is 1. The first-order valence-electron chi connectivity index (χ1n) is 5.54. The SMILES string of the molecule is CC(C)(C)N1CCC(C(F)CN)CC1. The van der Waals surface area contributed by atoms with Crippen LogP contribution in [0.5, 0.6) is 0 Å². The van der Waals surface area contributed by atoms with Gasteiger partial charge in [-0.2, -0.15) is 0 Å². The molecule has 0 aromatic rings. The topological polar surface area (TPSA) is 29.3 Å². The molecule has 1 saturated heterocycles. The maximum atomic E-state index is 13.3. The summed E-state index contributed by atoms with van der Waals surface area (Å²) in [7, 11) is 0. The second kappa shape index (κ2) is 4.58. The Labute approximate surface area is 86.6 Å². The van der Waals surface area contributed by atoms with Gasteiger partial charge in [0, 0.05) is 12.1 Å². The summed E-state index contributed by atoms with van der Waals surface area (Å²) >= 11 is 0. The van der Waals surface area contributed by atoms with E-state index in [9.17, 15) is 4.39 Å². The van der Waals surface area contributed by atoms with Gasteiger partial charge in [0.1, 0.15) is 6.17 Å². The molecule has 1 aliphatic heterocycles. The van der Waals surface area contributed by atoms with E-state index in [1.807, 2.05) is 0 Å². The normalized spacial score (nSPS) is 23.8. The zero-order valence-corrected chi connectivity index (χ0v) is 9.59. The molecule has 0 radical (unpaired) electrons. The van der Waals surface area contributed by atoms with Crippen LogP contribution in [0.25, 0.3) is 0 Å². The third-order valence-electron chi connectivity index (χ3n) is 3.22. The maximum absolute atomic E-state index is 13.3. The zero-order chi connectivity index (χ0) is 10.8. The van der Waals surface area contributed by atoms with Crippen molar-refractivity contribution in [3.63, 3.8) is 0 Å². The van der Waals surface area contributed by atoms with E-state index in [0.717, 1.165) is 25.9 Å². The molecule has 14 heavy (non-hydrogen) atoms. The van der Waals surface area contributed by atoms with Crippen LogP contribution >= 0.6 is 0 Å². The summed E-state index contributed by atoms with van der Waals surface area (Å²) in [6.07, 6.45) is 1.11. The molecule has 0 aliphatic carbocycles. The highest BCUT2D eigenvalue weighted by molar-refractivity contribution is 4.84. The van der Waals surface area contributed by atoms with E-state index in [1.165, 1.54) is 0 Å². The van der Waals surface area contributed by atoms with Crippen LogP contribution in [0.2, 0.25) is 0 Å². The highest BCUT2D eigenvalue weighted by Gasteiger charge is 2.30. The van der Waals surface area contributed by atoms with Crippen molar-refractivity contribution in [3.8, 4) is 0 Å². The van der Waals surface area contributed by atoms with Crippen LogP contribution in [-0.2, 0) is 0 Å². The van der Waals surface area contributed by atoms with Gasteiger partial charge < -0.3 is 5.73 Å².